The second-order valence-corrected chi connectivity index (χ2v) is 5.71. The van der Waals surface area contributed by atoms with Crippen molar-refractivity contribution >= 4 is 35.1 Å². The van der Waals surface area contributed by atoms with Crippen molar-refractivity contribution in [1.82, 2.24) is 5.32 Å². The van der Waals surface area contributed by atoms with Crippen molar-refractivity contribution < 1.29 is 19.4 Å². The summed E-state index contributed by atoms with van der Waals surface area (Å²) in [5, 5.41) is 12.1. The lowest BCUT2D eigenvalue weighted by Crippen LogP contribution is -2.46. The van der Waals surface area contributed by atoms with E-state index in [2.05, 4.69) is 5.32 Å². The lowest BCUT2D eigenvalue weighted by Gasteiger charge is -2.24. The van der Waals surface area contributed by atoms with E-state index in [4.69, 9.17) is 33.0 Å². The first kappa shape index (κ1) is 16.6. The summed E-state index contributed by atoms with van der Waals surface area (Å²) in [5.74, 6) is -1.08. The number of carbonyl (C=O) groups excluding carboxylic acids is 1. The van der Waals surface area contributed by atoms with E-state index in [0.717, 1.165) is 0 Å². The average Bonchev–Trinajstić information content (AvgIpc) is 2.24. The highest BCUT2D eigenvalue weighted by atomic mass is 35.5. The van der Waals surface area contributed by atoms with E-state index in [0.29, 0.717) is 15.8 Å². The molecule has 1 rings (SSSR count). The number of amides is 1. The SMILES string of the molecule is CC(C)(CC(=O)O)NC(=O)COc1ccc(Cl)cc1Cl. The molecule has 0 atom stereocenters. The normalized spacial score (nSPS) is 11.0. The van der Waals surface area contributed by atoms with Crippen molar-refractivity contribution in [3.05, 3.63) is 28.2 Å². The van der Waals surface area contributed by atoms with E-state index >= 15 is 0 Å². The molecule has 0 spiro atoms. The zero-order chi connectivity index (χ0) is 15.3. The molecule has 0 saturated carbocycles. The predicted molar refractivity (Wildman–Crippen MR) is 76.4 cm³/mol. The summed E-state index contributed by atoms with van der Waals surface area (Å²) < 4.78 is 5.25. The quantitative estimate of drug-likeness (QED) is 0.845. The van der Waals surface area contributed by atoms with E-state index in [-0.39, 0.29) is 13.0 Å². The Morgan fingerprint density at radius 2 is 2.00 bits per heavy atom. The molecule has 7 heteroatoms. The summed E-state index contributed by atoms with van der Waals surface area (Å²) >= 11 is 11.6. The van der Waals surface area contributed by atoms with Gasteiger partial charge in [0.1, 0.15) is 5.75 Å². The number of hydrogen-bond acceptors (Lipinski definition) is 3. The van der Waals surface area contributed by atoms with Crippen LogP contribution in [0.3, 0.4) is 0 Å². The Morgan fingerprint density at radius 3 is 2.55 bits per heavy atom. The van der Waals surface area contributed by atoms with Gasteiger partial charge in [-0.1, -0.05) is 23.2 Å². The molecule has 1 aromatic rings. The van der Waals surface area contributed by atoms with Crippen LogP contribution in [-0.2, 0) is 9.59 Å². The molecule has 1 aromatic carbocycles. The van der Waals surface area contributed by atoms with Gasteiger partial charge in [0.2, 0.25) is 0 Å². The molecule has 0 radical (unpaired) electrons. The molecular formula is C13H15Cl2NO4. The van der Waals surface area contributed by atoms with Crippen LogP contribution in [0.25, 0.3) is 0 Å². The largest absolute Gasteiger partial charge is 0.482 e. The summed E-state index contributed by atoms with van der Waals surface area (Å²) in [4.78, 5) is 22.3. The Kier molecular flexibility index (Phi) is 5.65. The molecule has 0 aliphatic heterocycles. The van der Waals surface area contributed by atoms with Gasteiger partial charge >= 0.3 is 5.97 Å². The zero-order valence-electron chi connectivity index (χ0n) is 11.1. The lowest BCUT2D eigenvalue weighted by molar-refractivity contribution is -0.138. The van der Waals surface area contributed by atoms with Crippen LogP contribution in [-0.4, -0.2) is 29.1 Å². The van der Waals surface area contributed by atoms with Crippen LogP contribution in [0.15, 0.2) is 18.2 Å². The van der Waals surface area contributed by atoms with Gasteiger partial charge in [0.15, 0.2) is 6.61 Å². The lowest BCUT2D eigenvalue weighted by atomic mass is 10.0. The van der Waals surface area contributed by atoms with Gasteiger partial charge in [-0.25, -0.2) is 0 Å². The van der Waals surface area contributed by atoms with Crippen LogP contribution < -0.4 is 10.1 Å². The summed E-state index contributed by atoms with van der Waals surface area (Å²) in [6.07, 6.45) is -0.180. The fourth-order valence-corrected chi connectivity index (χ4v) is 2.03. The molecule has 1 amide bonds. The van der Waals surface area contributed by atoms with Crippen LogP contribution in [0.2, 0.25) is 10.0 Å². The Labute approximate surface area is 126 Å². The third-order valence-electron chi connectivity index (χ3n) is 2.32. The average molecular weight is 320 g/mol. The minimum Gasteiger partial charge on any atom is -0.482 e. The highest BCUT2D eigenvalue weighted by molar-refractivity contribution is 6.35. The Balaban J connectivity index is 2.53. The number of carboxylic acid groups (broad SMARTS) is 1. The van der Waals surface area contributed by atoms with Gasteiger partial charge in [0.05, 0.1) is 11.4 Å². The smallest absolute Gasteiger partial charge is 0.305 e. The maximum atomic E-state index is 11.7. The summed E-state index contributed by atoms with van der Waals surface area (Å²) in [6, 6.07) is 4.65. The predicted octanol–water partition coefficient (Wildman–Crippen LogP) is 2.74. The van der Waals surface area contributed by atoms with Gasteiger partial charge in [0, 0.05) is 10.6 Å². The van der Waals surface area contributed by atoms with Crippen LogP contribution >= 0.6 is 23.2 Å². The van der Waals surface area contributed by atoms with Crippen LogP contribution in [0.5, 0.6) is 5.75 Å². The molecule has 0 aliphatic rings. The first-order chi connectivity index (χ1) is 9.19. The van der Waals surface area contributed by atoms with Crippen LogP contribution in [0, 0.1) is 0 Å². The fraction of sp³-hybridized carbons (Fsp3) is 0.385. The van der Waals surface area contributed by atoms with Gasteiger partial charge in [0.25, 0.3) is 5.91 Å². The number of ether oxygens (including phenoxy) is 1. The van der Waals surface area contributed by atoms with Crippen molar-refractivity contribution in [2.75, 3.05) is 6.61 Å². The molecule has 2 N–H and O–H groups in total. The first-order valence-corrected chi connectivity index (χ1v) is 6.56. The maximum Gasteiger partial charge on any atom is 0.305 e. The third-order valence-corrected chi connectivity index (χ3v) is 2.85. The highest BCUT2D eigenvalue weighted by Crippen LogP contribution is 2.27. The monoisotopic (exact) mass is 319 g/mol. The van der Waals surface area contributed by atoms with Crippen molar-refractivity contribution in [2.24, 2.45) is 0 Å². The summed E-state index contributed by atoms with van der Waals surface area (Å²) in [7, 11) is 0. The minimum atomic E-state index is -0.989. The second kappa shape index (κ2) is 6.81. The number of rotatable bonds is 6. The van der Waals surface area contributed by atoms with Crippen molar-refractivity contribution in [3.63, 3.8) is 0 Å². The van der Waals surface area contributed by atoms with E-state index in [1.165, 1.54) is 6.07 Å². The minimum absolute atomic E-state index is 0.180. The number of hydrogen-bond donors (Lipinski definition) is 2. The highest BCUT2D eigenvalue weighted by Gasteiger charge is 2.24. The van der Waals surface area contributed by atoms with Crippen molar-refractivity contribution in [2.45, 2.75) is 25.8 Å². The Morgan fingerprint density at radius 1 is 1.35 bits per heavy atom. The third kappa shape index (κ3) is 5.67. The zero-order valence-corrected chi connectivity index (χ0v) is 12.6. The van der Waals surface area contributed by atoms with E-state index in [9.17, 15) is 9.59 Å². The van der Waals surface area contributed by atoms with Gasteiger partial charge in [-0.15, -0.1) is 0 Å². The molecule has 0 bridgehead atoms. The Bertz CT molecular complexity index is 517. The number of benzene rings is 1. The molecule has 0 heterocycles. The number of carbonyl (C=O) groups is 2. The molecule has 110 valence electrons. The van der Waals surface area contributed by atoms with Gasteiger partial charge in [-0.3, -0.25) is 9.59 Å². The number of carboxylic acids is 1. The van der Waals surface area contributed by atoms with E-state index in [1.807, 2.05) is 0 Å². The molecular weight excluding hydrogens is 305 g/mol. The fourth-order valence-electron chi connectivity index (χ4n) is 1.57. The molecule has 0 saturated heterocycles. The standard InChI is InChI=1S/C13H15Cl2NO4/c1-13(2,6-12(18)19)16-11(17)7-20-10-4-3-8(14)5-9(10)15/h3-5H,6-7H2,1-2H3,(H,16,17)(H,18,19). The molecule has 0 aliphatic carbocycles. The molecule has 0 unspecified atom stereocenters. The summed E-state index contributed by atoms with van der Waals surface area (Å²) in [5.41, 5.74) is -0.851. The molecule has 0 fully saturated rings. The van der Waals surface area contributed by atoms with Crippen LogP contribution in [0.1, 0.15) is 20.3 Å². The number of nitrogens with one attached hydrogen (secondary N) is 1. The van der Waals surface area contributed by atoms with Gasteiger partial charge < -0.3 is 15.2 Å². The Hall–Kier alpha value is -1.46. The maximum absolute atomic E-state index is 11.7. The molecule has 5 nitrogen and oxygen atoms in total. The summed E-state index contributed by atoms with van der Waals surface area (Å²) in [6.45, 7) is 2.98. The first-order valence-electron chi connectivity index (χ1n) is 5.80. The molecule has 0 aromatic heterocycles. The van der Waals surface area contributed by atoms with E-state index in [1.54, 1.807) is 26.0 Å². The van der Waals surface area contributed by atoms with E-state index < -0.39 is 17.4 Å². The van der Waals surface area contributed by atoms with Gasteiger partial charge in [-0.2, -0.15) is 0 Å². The van der Waals surface area contributed by atoms with Crippen molar-refractivity contribution in [3.8, 4) is 5.75 Å². The molecule has 20 heavy (non-hydrogen) atoms. The number of aliphatic carboxylic acids is 1. The van der Waals surface area contributed by atoms with Gasteiger partial charge in [-0.05, 0) is 32.0 Å². The van der Waals surface area contributed by atoms with Crippen LogP contribution in [0.4, 0.5) is 0 Å². The van der Waals surface area contributed by atoms with Crippen molar-refractivity contribution in [1.29, 1.82) is 0 Å². The topological polar surface area (TPSA) is 75.6 Å². The number of halogens is 2. The second-order valence-electron chi connectivity index (χ2n) is 4.87.